The lowest BCUT2D eigenvalue weighted by Gasteiger charge is -2.08. The number of fused-ring (bicyclic) bond motifs is 1. The number of hydrogen-bond acceptors (Lipinski definition) is 5. The van der Waals surface area contributed by atoms with Crippen LogP contribution in [0.1, 0.15) is 5.56 Å². The average molecular weight is 460 g/mol. The van der Waals surface area contributed by atoms with Gasteiger partial charge in [0.05, 0.1) is 11.3 Å². The Morgan fingerprint density at radius 2 is 1.77 bits per heavy atom. The molecule has 3 aromatic carbocycles. The van der Waals surface area contributed by atoms with Crippen molar-refractivity contribution in [2.24, 2.45) is 0 Å². The van der Waals surface area contributed by atoms with Gasteiger partial charge < -0.3 is 9.84 Å². The standard InChI is InChI=1S/C22H15ClFNO5S/c23-15-9-10-19-18(12-15)20(31(28,29)13-14-5-4-6-16(24)11-14)21(26)25(19)22(27)30-17-7-2-1-3-8-17/h1-12,26H,13H2. The zero-order valence-corrected chi connectivity index (χ0v) is 17.4. The minimum Gasteiger partial charge on any atom is -0.493 e. The highest BCUT2D eigenvalue weighted by Gasteiger charge is 2.31. The second kappa shape index (κ2) is 8.05. The van der Waals surface area contributed by atoms with Crippen LogP contribution in [0.2, 0.25) is 5.02 Å². The molecule has 0 saturated heterocycles. The van der Waals surface area contributed by atoms with E-state index in [9.17, 15) is 22.7 Å². The number of para-hydroxylation sites is 1. The summed E-state index contributed by atoms with van der Waals surface area (Å²) in [7, 11) is -4.19. The topological polar surface area (TPSA) is 85.6 Å². The molecule has 4 aromatic rings. The lowest BCUT2D eigenvalue weighted by molar-refractivity contribution is 0.200. The van der Waals surface area contributed by atoms with Crippen LogP contribution in [-0.4, -0.2) is 24.2 Å². The predicted molar refractivity (Wildman–Crippen MR) is 114 cm³/mol. The summed E-state index contributed by atoms with van der Waals surface area (Å²) in [5.74, 6) is -1.77. The van der Waals surface area contributed by atoms with Crippen molar-refractivity contribution in [3.63, 3.8) is 0 Å². The van der Waals surface area contributed by atoms with Gasteiger partial charge in [-0.25, -0.2) is 22.2 Å². The molecule has 4 rings (SSSR count). The Labute approximate surface area is 182 Å². The van der Waals surface area contributed by atoms with Gasteiger partial charge in [-0.05, 0) is 48.0 Å². The molecule has 0 aliphatic rings. The maximum atomic E-state index is 13.5. The minimum atomic E-state index is -4.19. The Bertz CT molecular complexity index is 1400. The van der Waals surface area contributed by atoms with Gasteiger partial charge in [0.2, 0.25) is 5.88 Å². The van der Waals surface area contributed by atoms with Gasteiger partial charge in [-0.1, -0.05) is 41.9 Å². The first-order chi connectivity index (χ1) is 14.8. The molecular weight excluding hydrogens is 445 g/mol. The fourth-order valence-electron chi connectivity index (χ4n) is 3.27. The van der Waals surface area contributed by atoms with E-state index in [1.165, 1.54) is 36.4 Å². The minimum absolute atomic E-state index is 0.0476. The maximum absolute atomic E-state index is 13.5. The molecule has 0 saturated carbocycles. The zero-order chi connectivity index (χ0) is 22.2. The molecule has 0 aliphatic heterocycles. The molecule has 31 heavy (non-hydrogen) atoms. The molecule has 0 bridgehead atoms. The van der Waals surface area contributed by atoms with E-state index in [0.29, 0.717) is 0 Å². The molecule has 158 valence electrons. The summed E-state index contributed by atoms with van der Waals surface area (Å²) in [4.78, 5) is 12.3. The van der Waals surface area contributed by atoms with E-state index in [0.717, 1.165) is 10.6 Å². The van der Waals surface area contributed by atoms with E-state index < -0.39 is 38.3 Å². The number of carbonyl (C=O) groups excluding carboxylic acids is 1. The highest BCUT2D eigenvalue weighted by molar-refractivity contribution is 7.91. The summed E-state index contributed by atoms with van der Waals surface area (Å²) in [5.41, 5.74) is 0.287. The van der Waals surface area contributed by atoms with Crippen LogP contribution in [-0.2, 0) is 15.6 Å². The van der Waals surface area contributed by atoms with E-state index in [4.69, 9.17) is 16.3 Å². The molecule has 0 atom stereocenters. The van der Waals surface area contributed by atoms with Gasteiger partial charge in [-0.2, -0.15) is 0 Å². The molecule has 6 nitrogen and oxygen atoms in total. The summed E-state index contributed by atoms with van der Waals surface area (Å²) >= 11 is 6.04. The number of nitrogens with zero attached hydrogens (tertiary/aromatic N) is 1. The fraction of sp³-hybridized carbons (Fsp3) is 0.0455. The van der Waals surface area contributed by atoms with Crippen LogP contribution >= 0.6 is 11.6 Å². The van der Waals surface area contributed by atoms with Crippen molar-refractivity contribution in [2.45, 2.75) is 10.6 Å². The highest BCUT2D eigenvalue weighted by atomic mass is 35.5. The maximum Gasteiger partial charge on any atom is 0.426 e. The number of rotatable bonds is 4. The third kappa shape index (κ3) is 4.12. The second-order valence-corrected chi connectivity index (χ2v) is 9.08. The van der Waals surface area contributed by atoms with Gasteiger partial charge in [0.1, 0.15) is 16.5 Å². The zero-order valence-electron chi connectivity index (χ0n) is 15.8. The SMILES string of the molecule is O=C(Oc1ccccc1)n1c(O)c(S(=O)(=O)Cc2cccc(F)c2)c2cc(Cl)ccc21. The van der Waals surface area contributed by atoms with Gasteiger partial charge in [-0.15, -0.1) is 0 Å². The molecular formula is C22H15ClFNO5S. The van der Waals surface area contributed by atoms with Gasteiger partial charge in [-0.3, -0.25) is 0 Å². The van der Waals surface area contributed by atoms with Gasteiger partial charge in [0.15, 0.2) is 9.84 Å². The monoisotopic (exact) mass is 459 g/mol. The molecule has 1 N–H and O–H groups in total. The van der Waals surface area contributed by atoms with Crippen LogP contribution in [0.15, 0.2) is 77.7 Å². The van der Waals surface area contributed by atoms with Crippen LogP contribution in [0.3, 0.4) is 0 Å². The number of carbonyl (C=O) groups is 1. The lowest BCUT2D eigenvalue weighted by atomic mass is 10.2. The predicted octanol–water partition coefficient (Wildman–Crippen LogP) is 5.16. The molecule has 1 heterocycles. The van der Waals surface area contributed by atoms with Crippen LogP contribution in [0.25, 0.3) is 10.9 Å². The first kappa shape index (κ1) is 20.9. The fourth-order valence-corrected chi connectivity index (χ4v) is 5.07. The first-order valence-corrected chi connectivity index (χ1v) is 11.1. The number of aromatic nitrogens is 1. The Balaban J connectivity index is 1.85. The van der Waals surface area contributed by atoms with Crippen molar-refractivity contribution < 1.29 is 27.4 Å². The molecule has 0 amide bonds. The number of halogens is 2. The normalized spacial score (nSPS) is 11.5. The summed E-state index contributed by atoms with van der Waals surface area (Å²) in [6.07, 6.45) is -0.997. The smallest absolute Gasteiger partial charge is 0.426 e. The van der Waals surface area contributed by atoms with E-state index in [1.807, 2.05) is 0 Å². The van der Waals surface area contributed by atoms with Crippen molar-refractivity contribution in [3.05, 3.63) is 89.2 Å². The van der Waals surface area contributed by atoms with Crippen molar-refractivity contribution in [2.75, 3.05) is 0 Å². The van der Waals surface area contributed by atoms with E-state index in [2.05, 4.69) is 0 Å². The third-order valence-corrected chi connectivity index (χ3v) is 6.52. The Kier molecular flexibility index (Phi) is 5.43. The first-order valence-electron chi connectivity index (χ1n) is 9.03. The molecule has 0 fully saturated rings. The molecule has 0 unspecified atom stereocenters. The van der Waals surface area contributed by atoms with Gasteiger partial charge in [0.25, 0.3) is 0 Å². The second-order valence-electron chi connectivity index (χ2n) is 6.72. The number of hydrogen-bond donors (Lipinski definition) is 1. The third-order valence-electron chi connectivity index (χ3n) is 4.55. The quantitative estimate of drug-likeness (QED) is 0.455. The molecule has 0 radical (unpaired) electrons. The van der Waals surface area contributed by atoms with Crippen molar-refractivity contribution >= 4 is 38.4 Å². The van der Waals surface area contributed by atoms with Crippen LogP contribution < -0.4 is 4.74 Å². The Morgan fingerprint density at radius 3 is 2.48 bits per heavy atom. The largest absolute Gasteiger partial charge is 0.493 e. The molecule has 0 aliphatic carbocycles. The molecule has 9 heteroatoms. The number of ether oxygens (including phenoxy) is 1. The summed E-state index contributed by atoms with van der Waals surface area (Å²) in [6.45, 7) is 0. The summed E-state index contributed by atoms with van der Waals surface area (Å²) in [6, 6.07) is 17.5. The number of benzene rings is 3. The lowest BCUT2D eigenvalue weighted by Crippen LogP contribution is -2.16. The molecule has 0 spiro atoms. The summed E-state index contributed by atoms with van der Waals surface area (Å²) < 4.78 is 45.9. The van der Waals surface area contributed by atoms with Crippen LogP contribution in [0.4, 0.5) is 9.18 Å². The van der Waals surface area contributed by atoms with Gasteiger partial charge >= 0.3 is 6.09 Å². The average Bonchev–Trinajstić information content (AvgIpc) is 3.00. The van der Waals surface area contributed by atoms with E-state index in [1.54, 1.807) is 30.3 Å². The highest BCUT2D eigenvalue weighted by Crippen LogP contribution is 2.38. The van der Waals surface area contributed by atoms with Gasteiger partial charge in [0, 0.05) is 10.4 Å². The number of sulfone groups is 1. The Hall–Kier alpha value is -3.36. The molecule has 1 aromatic heterocycles. The Morgan fingerprint density at radius 1 is 1.03 bits per heavy atom. The van der Waals surface area contributed by atoms with Crippen molar-refractivity contribution in [1.29, 1.82) is 0 Å². The van der Waals surface area contributed by atoms with Crippen molar-refractivity contribution in [3.8, 4) is 11.6 Å². The van der Waals surface area contributed by atoms with Crippen LogP contribution in [0.5, 0.6) is 11.6 Å². The van der Waals surface area contributed by atoms with Crippen LogP contribution in [0, 0.1) is 5.82 Å². The van der Waals surface area contributed by atoms with E-state index >= 15 is 0 Å². The van der Waals surface area contributed by atoms with Crippen molar-refractivity contribution in [1.82, 2.24) is 4.57 Å². The number of aromatic hydroxyl groups is 1. The summed E-state index contributed by atoms with van der Waals surface area (Å²) in [5, 5.41) is 11.0. The van der Waals surface area contributed by atoms with E-state index in [-0.39, 0.29) is 27.2 Å².